The van der Waals surface area contributed by atoms with Crippen molar-refractivity contribution in [3.05, 3.63) is 52.8 Å². The molecule has 2 rings (SSSR count). The highest BCUT2D eigenvalue weighted by Crippen LogP contribution is 2.10. The smallest absolute Gasteiger partial charge is 0.191 e. The van der Waals surface area contributed by atoms with Crippen LogP contribution in [0.25, 0.3) is 0 Å². The van der Waals surface area contributed by atoms with E-state index in [1.807, 2.05) is 48.3 Å². The minimum Gasteiger partial charge on any atom is -0.357 e. The number of aryl methyl sites for hydroxylation is 1. The number of nitrogens with one attached hydrogen (secondary N) is 2. The largest absolute Gasteiger partial charge is 0.357 e. The van der Waals surface area contributed by atoms with Gasteiger partial charge in [0.1, 0.15) is 0 Å². The van der Waals surface area contributed by atoms with E-state index in [2.05, 4.69) is 27.6 Å². The third-order valence-corrected chi connectivity index (χ3v) is 3.32. The number of guanidine groups is 1. The fraction of sp³-hybridized carbons (Fsp3) is 0.375. The van der Waals surface area contributed by atoms with Gasteiger partial charge < -0.3 is 10.6 Å². The molecule has 0 amide bonds. The maximum atomic E-state index is 5.88. The van der Waals surface area contributed by atoms with Crippen molar-refractivity contribution in [2.75, 3.05) is 13.1 Å². The van der Waals surface area contributed by atoms with Crippen LogP contribution in [-0.2, 0) is 13.1 Å². The molecule has 0 bridgehead atoms. The van der Waals surface area contributed by atoms with Gasteiger partial charge in [-0.05, 0) is 37.1 Å². The lowest BCUT2D eigenvalue weighted by Gasteiger charge is -2.11. The van der Waals surface area contributed by atoms with Crippen molar-refractivity contribution >= 4 is 41.5 Å². The van der Waals surface area contributed by atoms with Gasteiger partial charge in [-0.15, -0.1) is 24.0 Å². The van der Waals surface area contributed by atoms with Crippen LogP contribution in [0.3, 0.4) is 0 Å². The summed E-state index contributed by atoms with van der Waals surface area (Å²) >= 11 is 5.88. The van der Waals surface area contributed by atoms with Crippen LogP contribution in [0.1, 0.15) is 18.1 Å². The molecule has 23 heavy (non-hydrogen) atoms. The molecular weight excluding hydrogens is 425 g/mol. The van der Waals surface area contributed by atoms with Crippen LogP contribution in [0.5, 0.6) is 0 Å². The minimum absolute atomic E-state index is 0. The monoisotopic (exact) mass is 447 g/mol. The van der Waals surface area contributed by atoms with Crippen molar-refractivity contribution in [1.29, 1.82) is 0 Å². The van der Waals surface area contributed by atoms with E-state index >= 15 is 0 Å². The molecule has 0 aliphatic rings. The fourth-order valence-electron chi connectivity index (χ4n) is 1.98. The van der Waals surface area contributed by atoms with Crippen molar-refractivity contribution in [2.45, 2.75) is 26.9 Å². The zero-order chi connectivity index (χ0) is 15.8. The molecule has 2 N–H and O–H groups in total. The van der Waals surface area contributed by atoms with Crippen molar-refractivity contribution in [2.24, 2.45) is 4.99 Å². The van der Waals surface area contributed by atoms with E-state index < -0.39 is 0 Å². The van der Waals surface area contributed by atoms with Crippen LogP contribution in [0.2, 0.25) is 5.02 Å². The number of aromatic nitrogens is 2. The lowest BCUT2D eigenvalue weighted by atomic mass is 10.2. The Morgan fingerprint density at radius 3 is 2.61 bits per heavy atom. The van der Waals surface area contributed by atoms with Gasteiger partial charge in [0.05, 0.1) is 19.3 Å². The molecule has 1 aromatic heterocycles. The van der Waals surface area contributed by atoms with E-state index in [1.54, 1.807) is 0 Å². The van der Waals surface area contributed by atoms with Gasteiger partial charge in [0, 0.05) is 24.3 Å². The SMILES string of the molecule is CCNC(=NCc1ccc(Cl)cc1)NCCn1cc(C)cn1.I. The summed E-state index contributed by atoms with van der Waals surface area (Å²) in [5.41, 5.74) is 2.30. The molecule has 0 spiro atoms. The third-order valence-electron chi connectivity index (χ3n) is 3.07. The third kappa shape index (κ3) is 7.22. The highest BCUT2D eigenvalue weighted by atomic mass is 127. The molecule has 0 atom stereocenters. The van der Waals surface area contributed by atoms with E-state index in [1.165, 1.54) is 5.56 Å². The summed E-state index contributed by atoms with van der Waals surface area (Å²) < 4.78 is 1.92. The van der Waals surface area contributed by atoms with Crippen LogP contribution in [-0.4, -0.2) is 28.8 Å². The predicted molar refractivity (Wildman–Crippen MR) is 107 cm³/mol. The van der Waals surface area contributed by atoms with Crippen molar-refractivity contribution < 1.29 is 0 Å². The summed E-state index contributed by atoms with van der Waals surface area (Å²) in [5, 5.41) is 11.6. The molecular formula is C16H23ClIN5. The van der Waals surface area contributed by atoms with E-state index in [4.69, 9.17) is 11.6 Å². The first-order valence-corrected chi connectivity index (χ1v) is 7.81. The van der Waals surface area contributed by atoms with E-state index in [-0.39, 0.29) is 24.0 Å². The number of aliphatic imine (C=N–C) groups is 1. The van der Waals surface area contributed by atoms with Crippen LogP contribution in [0.15, 0.2) is 41.7 Å². The Hall–Kier alpha value is -1.28. The van der Waals surface area contributed by atoms with Crippen LogP contribution in [0, 0.1) is 6.92 Å². The molecule has 0 unspecified atom stereocenters. The summed E-state index contributed by atoms with van der Waals surface area (Å²) in [7, 11) is 0. The summed E-state index contributed by atoms with van der Waals surface area (Å²) in [6, 6.07) is 7.74. The van der Waals surface area contributed by atoms with Crippen LogP contribution < -0.4 is 10.6 Å². The highest BCUT2D eigenvalue weighted by molar-refractivity contribution is 14.0. The molecule has 126 valence electrons. The Bertz CT molecular complexity index is 609. The zero-order valence-corrected chi connectivity index (χ0v) is 16.5. The Morgan fingerprint density at radius 1 is 1.26 bits per heavy atom. The van der Waals surface area contributed by atoms with Gasteiger partial charge in [-0.25, -0.2) is 4.99 Å². The molecule has 7 heteroatoms. The summed E-state index contributed by atoms with van der Waals surface area (Å²) in [4.78, 5) is 4.57. The number of hydrogen-bond acceptors (Lipinski definition) is 2. The predicted octanol–water partition coefficient (Wildman–Crippen LogP) is 3.22. The molecule has 0 saturated heterocycles. The Labute approximate surface area is 159 Å². The summed E-state index contributed by atoms with van der Waals surface area (Å²) in [6.07, 6.45) is 3.89. The Kier molecular flexibility index (Phi) is 9.01. The maximum Gasteiger partial charge on any atom is 0.191 e. The average molecular weight is 448 g/mol. The number of rotatable bonds is 6. The van der Waals surface area contributed by atoms with Gasteiger partial charge in [-0.3, -0.25) is 4.68 Å². The highest BCUT2D eigenvalue weighted by Gasteiger charge is 1.99. The second-order valence-corrected chi connectivity index (χ2v) is 5.47. The quantitative estimate of drug-likeness (QED) is 0.406. The topological polar surface area (TPSA) is 54.2 Å². The maximum absolute atomic E-state index is 5.88. The molecule has 0 aliphatic heterocycles. The van der Waals surface area contributed by atoms with Gasteiger partial charge >= 0.3 is 0 Å². The number of benzene rings is 1. The van der Waals surface area contributed by atoms with E-state index in [0.717, 1.165) is 36.2 Å². The van der Waals surface area contributed by atoms with Gasteiger partial charge in [0.2, 0.25) is 0 Å². The standard InChI is InChI=1S/C16H22ClN5.HI/c1-3-18-16(19-8-9-22-12-13(2)10-21-22)20-11-14-4-6-15(17)7-5-14;/h4-7,10,12H,3,8-9,11H2,1-2H3,(H2,18,19,20);1H. The molecule has 2 aromatic rings. The van der Waals surface area contributed by atoms with Crippen molar-refractivity contribution in [3.8, 4) is 0 Å². The lowest BCUT2D eigenvalue weighted by molar-refractivity contribution is 0.597. The molecule has 0 radical (unpaired) electrons. The Balaban J connectivity index is 0.00000264. The second-order valence-electron chi connectivity index (χ2n) is 5.03. The molecule has 1 heterocycles. The molecule has 0 aliphatic carbocycles. The number of hydrogen-bond donors (Lipinski definition) is 2. The minimum atomic E-state index is 0. The van der Waals surface area contributed by atoms with Crippen LogP contribution in [0.4, 0.5) is 0 Å². The number of nitrogens with zero attached hydrogens (tertiary/aromatic N) is 3. The summed E-state index contributed by atoms with van der Waals surface area (Å²) in [5.74, 6) is 0.807. The average Bonchev–Trinajstić information content (AvgIpc) is 2.92. The van der Waals surface area contributed by atoms with Gasteiger partial charge in [-0.2, -0.15) is 5.10 Å². The number of halogens is 2. The van der Waals surface area contributed by atoms with Crippen molar-refractivity contribution in [3.63, 3.8) is 0 Å². The Morgan fingerprint density at radius 2 is 2.00 bits per heavy atom. The fourth-order valence-corrected chi connectivity index (χ4v) is 2.11. The first-order valence-electron chi connectivity index (χ1n) is 7.43. The molecule has 0 saturated carbocycles. The zero-order valence-electron chi connectivity index (χ0n) is 13.4. The van der Waals surface area contributed by atoms with Gasteiger partial charge in [-0.1, -0.05) is 23.7 Å². The van der Waals surface area contributed by atoms with E-state index in [0.29, 0.717) is 6.54 Å². The molecule has 5 nitrogen and oxygen atoms in total. The van der Waals surface area contributed by atoms with Gasteiger partial charge in [0.25, 0.3) is 0 Å². The summed E-state index contributed by atoms with van der Waals surface area (Å²) in [6.45, 7) is 7.11. The van der Waals surface area contributed by atoms with Crippen LogP contribution >= 0.6 is 35.6 Å². The van der Waals surface area contributed by atoms with E-state index in [9.17, 15) is 0 Å². The second kappa shape index (κ2) is 10.5. The first kappa shape index (κ1) is 19.8. The first-order chi connectivity index (χ1) is 10.7. The lowest BCUT2D eigenvalue weighted by Crippen LogP contribution is -2.38. The van der Waals surface area contributed by atoms with Crippen molar-refractivity contribution in [1.82, 2.24) is 20.4 Å². The van der Waals surface area contributed by atoms with Gasteiger partial charge in [0.15, 0.2) is 5.96 Å². The normalized spacial score (nSPS) is 11.0. The molecule has 0 fully saturated rings. The molecule has 1 aromatic carbocycles.